The summed E-state index contributed by atoms with van der Waals surface area (Å²) in [5, 5.41) is 26.7. The van der Waals surface area contributed by atoms with E-state index in [2.05, 4.69) is 15.4 Å². The van der Waals surface area contributed by atoms with Crippen molar-refractivity contribution in [2.24, 2.45) is 0 Å². The van der Waals surface area contributed by atoms with Crippen LogP contribution in [0.2, 0.25) is 0 Å². The van der Waals surface area contributed by atoms with Gasteiger partial charge < -0.3 is 15.5 Å². The van der Waals surface area contributed by atoms with E-state index in [4.69, 9.17) is 0 Å². The first-order valence-electron chi connectivity index (χ1n) is 6.44. The Hall–Kier alpha value is -3.02. The van der Waals surface area contributed by atoms with Crippen molar-refractivity contribution >= 4 is 5.69 Å². The van der Waals surface area contributed by atoms with Gasteiger partial charge in [0.15, 0.2) is 17.3 Å². The van der Waals surface area contributed by atoms with Crippen LogP contribution < -0.4 is 5.32 Å². The molecular weight excluding hydrogens is 268 g/mol. The smallest absolute Gasteiger partial charge is 0.176 e. The Bertz CT molecular complexity index is 741. The fourth-order valence-electron chi connectivity index (χ4n) is 2.02. The molecule has 0 radical (unpaired) electrons. The van der Waals surface area contributed by atoms with Crippen molar-refractivity contribution in [1.82, 2.24) is 14.8 Å². The number of rotatable bonds is 4. The van der Waals surface area contributed by atoms with Crippen LogP contribution in [0.25, 0.3) is 5.82 Å². The maximum absolute atomic E-state index is 9.81. The van der Waals surface area contributed by atoms with Crippen molar-refractivity contribution in [3.63, 3.8) is 0 Å². The maximum atomic E-state index is 9.81. The Kier molecular flexibility index (Phi) is 3.42. The van der Waals surface area contributed by atoms with Gasteiger partial charge in [-0.25, -0.2) is 9.67 Å². The summed E-state index contributed by atoms with van der Waals surface area (Å²) in [5.41, 5.74) is 1.38. The fraction of sp³-hybridized carbons (Fsp3) is 0.0667. The third-order valence-electron chi connectivity index (χ3n) is 3.08. The number of benzene rings is 1. The minimum atomic E-state index is -0.132. The number of phenolic OH excluding ortho intramolecular Hbond substituents is 2. The van der Waals surface area contributed by atoms with Crippen LogP contribution in [0.15, 0.2) is 55.0 Å². The maximum Gasteiger partial charge on any atom is 0.176 e. The standard InChI is InChI=1S/C15H14N4O2/c20-13-6-1-4-11(14(13)21)10-17-12-5-2-7-16-15(12)19-9-3-8-18-19/h1-9,17,20-21H,10H2. The number of para-hydroxylation sites is 1. The average Bonchev–Trinajstić information content (AvgIpc) is 3.03. The summed E-state index contributed by atoms with van der Waals surface area (Å²) in [5.74, 6) is 0.421. The number of hydrogen-bond acceptors (Lipinski definition) is 5. The van der Waals surface area contributed by atoms with Gasteiger partial charge >= 0.3 is 0 Å². The molecule has 2 aromatic heterocycles. The second-order valence-corrected chi connectivity index (χ2v) is 4.46. The lowest BCUT2D eigenvalue weighted by atomic mass is 10.2. The van der Waals surface area contributed by atoms with Crippen molar-refractivity contribution in [2.75, 3.05) is 5.32 Å². The SMILES string of the molecule is Oc1cccc(CNc2cccnc2-n2cccn2)c1O. The van der Waals surface area contributed by atoms with E-state index >= 15 is 0 Å². The summed E-state index contributed by atoms with van der Waals surface area (Å²) in [7, 11) is 0. The predicted molar refractivity (Wildman–Crippen MR) is 78.5 cm³/mol. The lowest BCUT2D eigenvalue weighted by molar-refractivity contribution is 0.400. The summed E-state index contributed by atoms with van der Waals surface area (Å²) in [4.78, 5) is 4.30. The van der Waals surface area contributed by atoms with Gasteiger partial charge in [0.2, 0.25) is 0 Å². The number of phenols is 2. The van der Waals surface area contributed by atoms with Crippen LogP contribution >= 0.6 is 0 Å². The summed E-state index contributed by atoms with van der Waals surface area (Å²) < 4.78 is 1.66. The molecule has 0 aliphatic heterocycles. The van der Waals surface area contributed by atoms with Crippen LogP contribution in [0.5, 0.6) is 11.5 Å². The largest absolute Gasteiger partial charge is 0.504 e. The topological polar surface area (TPSA) is 83.2 Å². The fourth-order valence-corrected chi connectivity index (χ4v) is 2.02. The van der Waals surface area contributed by atoms with Crippen LogP contribution in [0.4, 0.5) is 5.69 Å². The van der Waals surface area contributed by atoms with Gasteiger partial charge in [0, 0.05) is 30.7 Å². The first-order valence-corrected chi connectivity index (χ1v) is 6.44. The lowest BCUT2D eigenvalue weighted by Crippen LogP contribution is -2.06. The van der Waals surface area contributed by atoms with Crippen LogP contribution in [0.3, 0.4) is 0 Å². The van der Waals surface area contributed by atoms with E-state index in [0.29, 0.717) is 17.9 Å². The van der Waals surface area contributed by atoms with Gasteiger partial charge in [-0.15, -0.1) is 0 Å². The molecule has 0 spiro atoms. The molecule has 0 unspecified atom stereocenters. The molecule has 0 fully saturated rings. The highest BCUT2D eigenvalue weighted by Crippen LogP contribution is 2.29. The van der Waals surface area contributed by atoms with Gasteiger partial charge in [0.25, 0.3) is 0 Å². The number of aromatic nitrogens is 3. The highest BCUT2D eigenvalue weighted by atomic mass is 16.3. The van der Waals surface area contributed by atoms with E-state index < -0.39 is 0 Å². The van der Waals surface area contributed by atoms with Crippen molar-refractivity contribution in [2.45, 2.75) is 6.54 Å². The first-order chi connectivity index (χ1) is 10.3. The molecule has 1 aromatic carbocycles. The molecular formula is C15H14N4O2. The summed E-state index contributed by atoms with van der Waals surface area (Å²) in [6.07, 6.45) is 5.17. The number of aromatic hydroxyl groups is 2. The molecule has 3 N–H and O–H groups in total. The first kappa shape index (κ1) is 13.0. The van der Waals surface area contributed by atoms with Crippen molar-refractivity contribution in [3.05, 3.63) is 60.6 Å². The molecule has 21 heavy (non-hydrogen) atoms. The van der Waals surface area contributed by atoms with Crippen LogP contribution in [-0.2, 0) is 6.54 Å². The lowest BCUT2D eigenvalue weighted by Gasteiger charge is -2.12. The van der Waals surface area contributed by atoms with Crippen LogP contribution in [-0.4, -0.2) is 25.0 Å². The third-order valence-corrected chi connectivity index (χ3v) is 3.08. The minimum absolute atomic E-state index is 0.116. The quantitative estimate of drug-likeness (QED) is 0.639. The normalized spacial score (nSPS) is 10.5. The zero-order chi connectivity index (χ0) is 14.7. The van der Waals surface area contributed by atoms with E-state index in [-0.39, 0.29) is 11.5 Å². The van der Waals surface area contributed by atoms with Gasteiger partial charge in [-0.1, -0.05) is 12.1 Å². The molecule has 0 bridgehead atoms. The van der Waals surface area contributed by atoms with Crippen LogP contribution in [0, 0.1) is 0 Å². The van der Waals surface area contributed by atoms with E-state index in [9.17, 15) is 10.2 Å². The Morgan fingerprint density at radius 1 is 1.05 bits per heavy atom. The number of anilines is 1. The van der Waals surface area contributed by atoms with Gasteiger partial charge in [-0.2, -0.15) is 5.10 Å². The Labute approximate surface area is 121 Å². The number of hydrogen-bond donors (Lipinski definition) is 3. The molecule has 0 aliphatic carbocycles. The molecule has 3 aromatic rings. The molecule has 0 saturated carbocycles. The van der Waals surface area contributed by atoms with E-state index in [0.717, 1.165) is 5.69 Å². The molecule has 0 aliphatic rings. The molecule has 6 nitrogen and oxygen atoms in total. The Morgan fingerprint density at radius 2 is 1.95 bits per heavy atom. The molecule has 106 valence electrons. The van der Waals surface area contributed by atoms with Gasteiger partial charge in [0.1, 0.15) is 0 Å². The monoisotopic (exact) mass is 282 g/mol. The average molecular weight is 282 g/mol. The van der Waals surface area contributed by atoms with E-state index in [1.165, 1.54) is 6.07 Å². The van der Waals surface area contributed by atoms with Crippen molar-refractivity contribution < 1.29 is 10.2 Å². The number of pyridine rings is 1. The zero-order valence-corrected chi connectivity index (χ0v) is 11.1. The number of nitrogens with one attached hydrogen (secondary N) is 1. The summed E-state index contributed by atoms with van der Waals surface area (Å²) >= 11 is 0. The van der Waals surface area contributed by atoms with Gasteiger partial charge in [-0.05, 0) is 24.3 Å². The minimum Gasteiger partial charge on any atom is -0.504 e. The van der Waals surface area contributed by atoms with E-state index in [1.807, 2.05) is 18.2 Å². The highest BCUT2D eigenvalue weighted by Gasteiger charge is 2.08. The van der Waals surface area contributed by atoms with Crippen molar-refractivity contribution in [3.8, 4) is 17.3 Å². The zero-order valence-electron chi connectivity index (χ0n) is 11.1. The summed E-state index contributed by atoms with van der Waals surface area (Å²) in [6, 6.07) is 10.4. The predicted octanol–water partition coefficient (Wildman–Crippen LogP) is 2.29. The van der Waals surface area contributed by atoms with E-state index in [1.54, 1.807) is 35.4 Å². The third kappa shape index (κ3) is 2.64. The second-order valence-electron chi connectivity index (χ2n) is 4.46. The molecule has 0 saturated heterocycles. The van der Waals surface area contributed by atoms with Gasteiger partial charge in [-0.3, -0.25) is 0 Å². The Balaban J connectivity index is 1.85. The summed E-state index contributed by atoms with van der Waals surface area (Å²) in [6.45, 7) is 0.361. The molecule has 2 heterocycles. The molecule has 0 amide bonds. The molecule has 3 rings (SSSR count). The molecule has 0 atom stereocenters. The second kappa shape index (κ2) is 5.54. The Morgan fingerprint density at radius 3 is 2.76 bits per heavy atom. The number of nitrogens with zero attached hydrogens (tertiary/aromatic N) is 3. The van der Waals surface area contributed by atoms with Gasteiger partial charge in [0.05, 0.1) is 5.69 Å². The molecule has 6 heteroatoms. The van der Waals surface area contributed by atoms with Crippen molar-refractivity contribution in [1.29, 1.82) is 0 Å². The van der Waals surface area contributed by atoms with Crippen LogP contribution in [0.1, 0.15) is 5.56 Å². The highest BCUT2D eigenvalue weighted by molar-refractivity contribution is 5.57.